The van der Waals surface area contributed by atoms with Gasteiger partial charge in [-0.05, 0) is 24.1 Å². The van der Waals surface area contributed by atoms with Crippen LogP contribution in [-0.4, -0.2) is 44.3 Å². The molecule has 1 aromatic heterocycles. The first kappa shape index (κ1) is 25.0. The van der Waals surface area contributed by atoms with E-state index in [1.54, 1.807) is 0 Å². The Morgan fingerprint density at radius 2 is 2.15 bits per heavy atom. The van der Waals surface area contributed by atoms with Crippen LogP contribution in [0.15, 0.2) is 57.4 Å². The number of azide groups is 1. The lowest BCUT2D eigenvalue weighted by Gasteiger charge is -2.15. The van der Waals surface area contributed by atoms with Gasteiger partial charge in [0.15, 0.2) is 0 Å². The van der Waals surface area contributed by atoms with E-state index in [2.05, 4.69) is 24.9 Å². The number of amides is 1. The lowest BCUT2D eigenvalue weighted by atomic mass is 10.2. The van der Waals surface area contributed by atoms with Gasteiger partial charge in [-0.25, -0.2) is 4.79 Å². The van der Waals surface area contributed by atoms with Crippen molar-refractivity contribution in [2.75, 3.05) is 6.61 Å². The third-order valence-electron chi connectivity index (χ3n) is 4.86. The summed E-state index contributed by atoms with van der Waals surface area (Å²) in [6.07, 6.45) is 1.33. The summed E-state index contributed by atoms with van der Waals surface area (Å²) in [5.41, 5.74) is 7.91. The average molecular weight is 491 g/mol. The van der Waals surface area contributed by atoms with E-state index in [1.165, 1.54) is 42.7 Å². The summed E-state index contributed by atoms with van der Waals surface area (Å²) in [5.74, 6) is -0.422. The van der Waals surface area contributed by atoms with Crippen molar-refractivity contribution < 1.29 is 28.6 Å². The number of H-pyrrole nitrogens is 1. The van der Waals surface area contributed by atoms with Crippen molar-refractivity contribution >= 4 is 19.8 Å². The molecule has 178 valence electrons. The number of rotatable bonds is 9. The van der Waals surface area contributed by atoms with Gasteiger partial charge in [-0.3, -0.25) is 19.1 Å². The molecule has 1 saturated heterocycles. The summed E-state index contributed by atoms with van der Waals surface area (Å²) < 4.78 is 21.9. The van der Waals surface area contributed by atoms with Crippen LogP contribution in [0.1, 0.15) is 28.6 Å². The molecule has 1 fully saturated rings. The Kier molecular flexibility index (Phi) is 8.44. The maximum atomic E-state index is 12.2. The minimum Gasteiger partial charge on any atom is -0.390 e. The molecule has 4 atom stereocenters. The summed E-state index contributed by atoms with van der Waals surface area (Å²) in [6, 6.07) is 5.95. The van der Waals surface area contributed by atoms with Crippen LogP contribution in [0, 0.1) is 0 Å². The number of hydrogen-bond acceptors (Lipinski definition) is 8. The fraction of sp³-hybridized carbons (Fsp3) is 0.316. The number of aromatic nitrogens is 2. The second-order valence-electron chi connectivity index (χ2n) is 7.10. The van der Waals surface area contributed by atoms with Gasteiger partial charge in [0.25, 0.3) is 11.5 Å². The van der Waals surface area contributed by atoms with E-state index in [-0.39, 0.29) is 25.0 Å². The fourth-order valence-corrected chi connectivity index (χ4v) is 3.47. The smallest absolute Gasteiger partial charge is 0.390 e. The van der Waals surface area contributed by atoms with E-state index in [4.69, 9.17) is 15.2 Å². The van der Waals surface area contributed by atoms with E-state index in [0.717, 1.165) is 4.57 Å². The van der Waals surface area contributed by atoms with Crippen molar-refractivity contribution in [1.82, 2.24) is 14.9 Å². The Morgan fingerprint density at radius 3 is 2.82 bits per heavy atom. The number of hydrogen-bond donors (Lipinski definition) is 4. The number of nitrogens with one attached hydrogen (secondary N) is 2. The number of aromatic amines is 1. The highest BCUT2D eigenvalue weighted by Crippen LogP contribution is 2.29. The largest absolute Gasteiger partial charge is 0.694 e. The van der Waals surface area contributed by atoms with Gasteiger partial charge in [0, 0.05) is 45.1 Å². The van der Waals surface area contributed by atoms with Crippen molar-refractivity contribution in [3.05, 3.63) is 85.1 Å². The third kappa shape index (κ3) is 6.45. The molecule has 15 heteroatoms. The molecule has 1 aliphatic rings. The summed E-state index contributed by atoms with van der Waals surface area (Å²) >= 11 is 0. The van der Waals surface area contributed by atoms with Crippen LogP contribution in [0.25, 0.3) is 10.4 Å². The zero-order valence-corrected chi connectivity index (χ0v) is 18.4. The van der Waals surface area contributed by atoms with Crippen LogP contribution in [0.5, 0.6) is 0 Å². The molecule has 0 bridgehead atoms. The number of allylic oxidation sites excluding steroid dienone is 1. The lowest BCUT2D eigenvalue weighted by molar-refractivity contribution is -0.0413. The molecule has 0 aliphatic carbocycles. The maximum absolute atomic E-state index is 12.2. The van der Waals surface area contributed by atoms with Gasteiger partial charge in [-0.2, -0.15) is 0 Å². The molecule has 1 aromatic carbocycles. The predicted octanol–water partition coefficient (Wildman–Crippen LogP) is 1.28. The number of aliphatic hydroxyl groups excluding tert-OH is 1. The monoisotopic (exact) mass is 491 g/mol. The SMILES string of the molecule is [N-]=[N+]=Nc1ccc(C(=O)NC=CCc2cn([C@H]3C[C@H](O)[C@@H](CO[P+](=O)O)O3)c(=O)[nH]c2=O)cc1. The van der Waals surface area contributed by atoms with Gasteiger partial charge in [-0.1, -0.05) is 23.3 Å². The zero-order valence-electron chi connectivity index (χ0n) is 17.5. The Hall–Kier alpha value is -3.64. The van der Waals surface area contributed by atoms with Gasteiger partial charge in [0.1, 0.15) is 18.9 Å². The van der Waals surface area contributed by atoms with Gasteiger partial charge in [-0.15, -0.1) is 9.42 Å². The molecule has 2 aromatic rings. The number of carbonyl (C=O) groups is 1. The molecule has 2 heterocycles. The molecule has 34 heavy (non-hydrogen) atoms. The molecule has 0 radical (unpaired) electrons. The summed E-state index contributed by atoms with van der Waals surface area (Å²) in [6.45, 7) is -0.342. The van der Waals surface area contributed by atoms with E-state index in [1.807, 2.05) is 0 Å². The Bertz CT molecular complexity index is 1250. The van der Waals surface area contributed by atoms with Crippen molar-refractivity contribution in [2.45, 2.75) is 31.3 Å². The van der Waals surface area contributed by atoms with Gasteiger partial charge < -0.3 is 15.2 Å². The Labute approximate surface area is 192 Å². The highest BCUT2D eigenvalue weighted by molar-refractivity contribution is 7.32. The normalized spacial score (nSPS) is 20.2. The van der Waals surface area contributed by atoms with Crippen molar-refractivity contribution in [2.24, 2.45) is 5.11 Å². The van der Waals surface area contributed by atoms with E-state index >= 15 is 0 Å². The van der Waals surface area contributed by atoms with Crippen LogP contribution in [-0.2, 0) is 20.2 Å². The molecule has 4 N–H and O–H groups in total. The summed E-state index contributed by atoms with van der Waals surface area (Å²) in [5, 5.41) is 16.0. The van der Waals surface area contributed by atoms with Gasteiger partial charge in [0.2, 0.25) is 0 Å². The highest BCUT2D eigenvalue weighted by Gasteiger charge is 2.37. The van der Waals surface area contributed by atoms with Gasteiger partial charge >= 0.3 is 13.9 Å². The minimum absolute atomic E-state index is 0.00595. The number of nitrogens with zero attached hydrogens (tertiary/aromatic N) is 4. The molecule has 0 spiro atoms. The second kappa shape index (κ2) is 11.5. The zero-order chi connectivity index (χ0) is 24.7. The molecular formula is C19H20N6O8P+. The van der Waals surface area contributed by atoms with Crippen LogP contribution in [0.2, 0.25) is 0 Å². The molecule has 3 rings (SSSR count). The first-order valence-corrected chi connectivity index (χ1v) is 11.0. The molecule has 1 amide bonds. The van der Waals surface area contributed by atoms with E-state index in [9.17, 15) is 24.1 Å². The molecule has 1 aliphatic heterocycles. The molecular weight excluding hydrogens is 471 g/mol. The summed E-state index contributed by atoms with van der Waals surface area (Å²) in [4.78, 5) is 50.1. The number of benzene rings is 1. The lowest BCUT2D eigenvalue weighted by Crippen LogP contribution is -2.34. The van der Waals surface area contributed by atoms with Crippen molar-refractivity contribution in [3.63, 3.8) is 0 Å². The Balaban J connectivity index is 1.64. The van der Waals surface area contributed by atoms with E-state index in [0.29, 0.717) is 11.3 Å². The first-order chi connectivity index (χ1) is 16.3. The van der Waals surface area contributed by atoms with Crippen LogP contribution < -0.4 is 16.6 Å². The average Bonchev–Trinajstić information content (AvgIpc) is 3.17. The standard InChI is InChI=1S/C19H19N6O8P/c20-24-23-13-5-3-11(4-6-13)17(27)21-7-1-2-12-9-25(19(29)22-18(12)28)16-8-14(26)15(33-16)10-32-34(30)31/h1,3-7,9,14-16,26H,2,8,10H2,(H2-,21,22,27,28,29,30,31)/p+1/t14-,15+,16+/m0/s1. The Morgan fingerprint density at radius 1 is 1.41 bits per heavy atom. The topological polar surface area (TPSA) is 209 Å². The number of carbonyl (C=O) groups excluding carboxylic acids is 1. The van der Waals surface area contributed by atoms with Crippen molar-refractivity contribution in [1.29, 1.82) is 0 Å². The highest BCUT2D eigenvalue weighted by atomic mass is 31.1. The fourth-order valence-electron chi connectivity index (χ4n) is 3.19. The quantitative estimate of drug-likeness (QED) is 0.173. The first-order valence-electron chi connectivity index (χ1n) is 9.86. The van der Waals surface area contributed by atoms with Crippen LogP contribution in [0.4, 0.5) is 5.69 Å². The molecule has 0 saturated carbocycles. The molecule has 1 unspecified atom stereocenters. The summed E-state index contributed by atoms with van der Waals surface area (Å²) in [7, 11) is -2.86. The number of aliphatic hydroxyl groups is 1. The third-order valence-corrected chi connectivity index (χ3v) is 5.23. The maximum Gasteiger partial charge on any atom is 0.694 e. The molecule has 14 nitrogen and oxygen atoms in total. The van der Waals surface area contributed by atoms with Crippen LogP contribution in [0.3, 0.4) is 0 Å². The minimum atomic E-state index is -2.86. The van der Waals surface area contributed by atoms with Gasteiger partial charge in [0.05, 0.1) is 6.10 Å². The predicted molar refractivity (Wildman–Crippen MR) is 117 cm³/mol. The van der Waals surface area contributed by atoms with Crippen LogP contribution >= 0.6 is 8.25 Å². The van der Waals surface area contributed by atoms with E-state index < -0.39 is 43.8 Å². The van der Waals surface area contributed by atoms with Crippen molar-refractivity contribution in [3.8, 4) is 0 Å². The second-order valence-corrected chi connectivity index (χ2v) is 7.84. The number of ether oxygens (including phenoxy) is 1.